The molecule has 2 N–H and O–H groups in total. The molecule has 1 aliphatic rings. The second kappa shape index (κ2) is 9.75. The van der Waals surface area contributed by atoms with E-state index in [1.165, 1.54) is 4.90 Å². The smallest absolute Gasteiger partial charge is 0.295 e. The molecule has 0 bridgehead atoms. The minimum Gasteiger partial charge on any atom is -0.507 e. The van der Waals surface area contributed by atoms with E-state index in [4.69, 9.17) is 4.74 Å². The highest BCUT2D eigenvalue weighted by molar-refractivity contribution is 6.46. The number of aliphatic hydroxyl groups is 1. The number of nitrogens with zero attached hydrogens (tertiary/aromatic N) is 2. The lowest BCUT2D eigenvalue weighted by Crippen LogP contribution is -3.12. The molecule has 0 radical (unpaired) electrons. The number of carbonyl (C=O) groups is 2. The Morgan fingerprint density at radius 2 is 1.97 bits per heavy atom. The summed E-state index contributed by atoms with van der Waals surface area (Å²) >= 11 is 0. The lowest BCUT2D eigenvalue weighted by atomic mass is 9.94. The molecule has 1 aromatic heterocycles. The number of methoxy groups -OCH3 is 1. The van der Waals surface area contributed by atoms with E-state index < -0.39 is 17.7 Å². The van der Waals surface area contributed by atoms with E-state index in [2.05, 4.69) is 18.8 Å². The van der Waals surface area contributed by atoms with Crippen LogP contribution in [-0.2, 0) is 9.59 Å². The van der Waals surface area contributed by atoms with Crippen LogP contribution in [0.4, 0.5) is 0 Å². The molecule has 1 fully saturated rings. The molecule has 3 rings (SSSR count). The van der Waals surface area contributed by atoms with Crippen molar-refractivity contribution in [3.8, 4) is 5.75 Å². The molecule has 1 amide bonds. The second-order valence-electron chi connectivity index (χ2n) is 7.67. The Bertz CT molecular complexity index is 984. The molecule has 0 saturated carbocycles. The van der Waals surface area contributed by atoms with E-state index in [1.54, 1.807) is 48.7 Å². The van der Waals surface area contributed by atoms with E-state index in [9.17, 15) is 14.7 Å². The third-order valence-electron chi connectivity index (χ3n) is 5.94. The molecule has 1 aliphatic heterocycles. The van der Waals surface area contributed by atoms with Gasteiger partial charge >= 0.3 is 0 Å². The van der Waals surface area contributed by atoms with Crippen LogP contribution in [-0.4, -0.2) is 60.0 Å². The van der Waals surface area contributed by atoms with Crippen molar-refractivity contribution in [3.63, 3.8) is 0 Å². The Morgan fingerprint density at radius 1 is 1.23 bits per heavy atom. The van der Waals surface area contributed by atoms with Gasteiger partial charge in [-0.3, -0.25) is 14.6 Å². The number of ketones is 1. The number of amides is 1. The fourth-order valence-electron chi connectivity index (χ4n) is 4.05. The molecule has 0 spiro atoms. The van der Waals surface area contributed by atoms with Crippen molar-refractivity contribution < 1.29 is 24.3 Å². The quantitative estimate of drug-likeness (QED) is 0.383. The molecule has 1 saturated heterocycles. The summed E-state index contributed by atoms with van der Waals surface area (Å²) < 4.78 is 5.24. The Balaban J connectivity index is 2.10. The number of likely N-dealkylation sites (N-methyl/N-ethyl adjacent to an activating group) is 1. The molecule has 2 aromatic rings. The first-order chi connectivity index (χ1) is 14.9. The van der Waals surface area contributed by atoms with Gasteiger partial charge < -0.3 is 19.6 Å². The maximum absolute atomic E-state index is 13.1. The number of nitrogens with one attached hydrogen (secondary N) is 1. The summed E-state index contributed by atoms with van der Waals surface area (Å²) in [6.07, 6.45) is 3.28. The van der Waals surface area contributed by atoms with E-state index in [0.717, 1.165) is 25.2 Å². The van der Waals surface area contributed by atoms with Crippen molar-refractivity contribution in [1.82, 2.24) is 9.88 Å². The van der Waals surface area contributed by atoms with E-state index in [-0.39, 0.29) is 11.3 Å². The van der Waals surface area contributed by atoms with Crippen LogP contribution in [0.3, 0.4) is 0 Å². The molecular formula is C24H30N3O4+. The lowest BCUT2D eigenvalue weighted by Gasteiger charge is -2.26. The predicted molar refractivity (Wildman–Crippen MR) is 118 cm³/mol. The summed E-state index contributed by atoms with van der Waals surface area (Å²) in [5.74, 6) is -0.783. The average Bonchev–Trinajstić information content (AvgIpc) is 3.04. The Morgan fingerprint density at radius 3 is 2.55 bits per heavy atom. The van der Waals surface area contributed by atoms with Crippen LogP contribution in [0, 0.1) is 6.92 Å². The number of ether oxygens (including phenoxy) is 1. The van der Waals surface area contributed by atoms with Crippen molar-refractivity contribution in [1.29, 1.82) is 0 Å². The fourth-order valence-corrected chi connectivity index (χ4v) is 4.05. The molecule has 7 nitrogen and oxygen atoms in total. The Kier molecular flexibility index (Phi) is 7.07. The SMILES string of the molecule is CC[NH+](CC)CCN1C(=O)C(=O)C(=C(O)c2ccc(OC)cc2C)C1c1cccnc1. The second-order valence-corrected chi connectivity index (χ2v) is 7.67. The standard InChI is InChI=1S/C24H29N3O4/c1-5-26(6-2)12-13-27-21(17-8-7-11-25-15-17)20(23(29)24(27)30)22(28)19-10-9-18(31-4)14-16(19)3/h7-11,14-15,21,28H,5-6,12-13H2,1-4H3/p+1. The van der Waals surface area contributed by atoms with Gasteiger partial charge in [-0.2, -0.15) is 0 Å². The summed E-state index contributed by atoms with van der Waals surface area (Å²) in [5.41, 5.74) is 2.05. The normalized spacial score (nSPS) is 18.1. The monoisotopic (exact) mass is 424 g/mol. The maximum atomic E-state index is 13.1. The van der Waals surface area contributed by atoms with Gasteiger partial charge in [0.15, 0.2) is 0 Å². The van der Waals surface area contributed by atoms with Crippen LogP contribution in [0.2, 0.25) is 0 Å². The Hall–Kier alpha value is -3.19. The third kappa shape index (κ3) is 4.46. The maximum Gasteiger partial charge on any atom is 0.295 e. The number of aryl methyl sites for hydroxylation is 1. The van der Waals surface area contributed by atoms with Crippen molar-refractivity contribution in [3.05, 3.63) is 65.0 Å². The summed E-state index contributed by atoms with van der Waals surface area (Å²) in [6.45, 7) is 9.02. The number of rotatable bonds is 8. The van der Waals surface area contributed by atoms with Crippen LogP contribution in [0.25, 0.3) is 5.76 Å². The molecule has 1 atom stereocenters. The van der Waals surface area contributed by atoms with Gasteiger partial charge in [-0.05, 0) is 56.2 Å². The molecule has 7 heteroatoms. The largest absolute Gasteiger partial charge is 0.507 e. The van der Waals surface area contributed by atoms with E-state index in [1.807, 2.05) is 13.0 Å². The molecule has 164 valence electrons. The van der Waals surface area contributed by atoms with Crippen molar-refractivity contribution in [2.45, 2.75) is 26.8 Å². The van der Waals surface area contributed by atoms with Gasteiger partial charge in [-0.15, -0.1) is 0 Å². The minimum atomic E-state index is -0.676. The van der Waals surface area contributed by atoms with Gasteiger partial charge in [0, 0.05) is 18.0 Å². The number of aromatic nitrogens is 1. The number of pyridine rings is 1. The first-order valence-corrected chi connectivity index (χ1v) is 10.6. The highest BCUT2D eigenvalue weighted by Gasteiger charge is 2.46. The number of aliphatic hydroxyl groups excluding tert-OH is 1. The first-order valence-electron chi connectivity index (χ1n) is 10.6. The first kappa shape index (κ1) is 22.5. The van der Waals surface area contributed by atoms with Gasteiger partial charge in [-0.1, -0.05) is 6.07 Å². The summed E-state index contributed by atoms with van der Waals surface area (Å²) in [4.78, 5) is 33.1. The topological polar surface area (TPSA) is 84.2 Å². The molecule has 0 aliphatic carbocycles. The summed E-state index contributed by atoms with van der Waals surface area (Å²) in [7, 11) is 1.57. The molecule has 2 heterocycles. The summed E-state index contributed by atoms with van der Waals surface area (Å²) in [6, 6.07) is 8.13. The van der Waals surface area contributed by atoms with Crippen LogP contribution in [0.15, 0.2) is 48.3 Å². The van der Waals surface area contributed by atoms with Crippen molar-refractivity contribution in [2.24, 2.45) is 0 Å². The predicted octanol–water partition coefficient (Wildman–Crippen LogP) is 1.75. The zero-order valence-electron chi connectivity index (χ0n) is 18.5. The van der Waals surface area contributed by atoms with Gasteiger partial charge in [0.25, 0.3) is 11.7 Å². The van der Waals surface area contributed by atoms with Crippen molar-refractivity contribution in [2.75, 3.05) is 33.3 Å². The number of likely N-dealkylation sites (tertiary alicyclic amines) is 1. The van der Waals surface area contributed by atoms with Gasteiger partial charge in [0.1, 0.15) is 11.5 Å². The zero-order chi connectivity index (χ0) is 22.5. The van der Waals surface area contributed by atoms with Crippen LogP contribution in [0.1, 0.15) is 36.6 Å². The number of carbonyl (C=O) groups excluding carboxylic acids is 2. The summed E-state index contributed by atoms with van der Waals surface area (Å²) in [5, 5.41) is 11.2. The highest BCUT2D eigenvalue weighted by atomic mass is 16.5. The third-order valence-corrected chi connectivity index (χ3v) is 5.94. The van der Waals surface area contributed by atoms with E-state index >= 15 is 0 Å². The van der Waals surface area contributed by atoms with Crippen molar-refractivity contribution >= 4 is 17.4 Å². The van der Waals surface area contributed by atoms with Gasteiger partial charge in [0.05, 0.1) is 44.9 Å². The number of hydrogen-bond donors (Lipinski definition) is 2. The molecule has 1 unspecified atom stereocenters. The fraction of sp³-hybridized carbons (Fsp3) is 0.375. The van der Waals surface area contributed by atoms with Crippen LogP contribution in [0.5, 0.6) is 5.75 Å². The number of Topliss-reactive ketones (excluding diaryl/α,β-unsaturated/α-hetero) is 1. The minimum absolute atomic E-state index is 0.0980. The molecule has 31 heavy (non-hydrogen) atoms. The average molecular weight is 425 g/mol. The number of hydrogen-bond acceptors (Lipinski definition) is 5. The Labute approximate surface area is 183 Å². The molecular weight excluding hydrogens is 394 g/mol. The number of quaternary nitrogens is 1. The van der Waals surface area contributed by atoms with Gasteiger partial charge in [-0.25, -0.2) is 0 Å². The van der Waals surface area contributed by atoms with Gasteiger partial charge in [0.2, 0.25) is 0 Å². The molecule has 1 aromatic carbocycles. The lowest BCUT2D eigenvalue weighted by molar-refractivity contribution is -0.895. The van der Waals surface area contributed by atoms with E-state index in [0.29, 0.717) is 23.4 Å². The number of benzene rings is 1. The zero-order valence-corrected chi connectivity index (χ0v) is 18.5. The highest BCUT2D eigenvalue weighted by Crippen LogP contribution is 2.39. The van der Waals surface area contributed by atoms with Crippen LogP contribution >= 0.6 is 0 Å². The van der Waals surface area contributed by atoms with Crippen LogP contribution < -0.4 is 9.64 Å².